The maximum atomic E-state index is 13.8. The van der Waals surface area contributed by atoms with Gasteiger partial charge >= 0.3 is 29.6 Å². The van der Waals surface area contributed by atoms with Crippen molar-refractivity contribution in [1.82, 2.24) is 4.98 Å². The summed E-state index contributed by atoms with van der Waals surface area (Å²) in [6.07, 6.45) is 1.05. The Kier molecular flexibility index (Phi) is 5.60. The van der Waals surface area contributed by atoms with Gasteiger partial charge in [-0.25, -0.2) is 9.37 Å². The molecule has 0 aliphatic heterocycles. The molecule has 4 nitrogen and oxygen atoms in total. The topological polar surface area (TPSA) is 62.2 Å². The van der Waals surface area contributed by atoms with Crippen LogP contribution in [0.4, 0.5) is 4.39 Å². The summed E-state index contributed by atoms with van der Waals surface area (Å²) in [5, 5.41) is 12.2. The van der Waals surface area contributed by atoms with E-state index in [-0.39, 0.29) is 40.5 Å². The van der Waals surface area contributed by atoms with Gasteiger partial charge in [0.1, 0.15) is 17.3 Å². The molecule has 0 fully saturated rings. The van der Waals surface area contributed by atoms with E-state index in [1.165, 1.54) is 18.2 Å². The molecule has 1 aliphatic carbocycles. The molecule has 142 valence electrons. The van der Waals surface area contributed by atoms with Gasteiger partial charge in [-0.2, -0.15) is 0 Å². The Morgan fingerprint density at radius 3 is 2.50 bits per heavy atom. The normalized spacial score (nSPS) is 11.9. The van der Waals surface area contributed by atoms with Crippen molar-refractivity contribution >= 4 is 16.9 Å². The molecule has 3 aromatic carbocycles. The second-order valence-electron chi connectivity index (χ2n) is 6.96. The number of carbonyl (C=O) groups excluding carboxylic acids is 1. The minimum Gasteiger partial charge on any atom is -0.545 e. The quantitative estimate of drug-likeness (QED) is 0.481. The van der Waals surface area contributed by atoms with E-state index in [9.17, 15) is 14.3 Å². The second kappa shape index (κ2) is 8.19. The van der Waals surface area contributed by atoms with E-state index in [2.05, 4.69) is 4.98 Å². The fraction of sp³-hybridized carbons (Fsp3) is 0.0833. The molecule has 0 saturated heterocycles. The number of fused-ring (bicyclic) bond motifs is 4. The number of halogens is 1. The van der Waals surface area contributed by atoms with Crippen LogP contribution >= 0.6 is 0 Å². The Morgan fingerprint density at radius 1 is 0.967 bits per heavy atom. The zero-order valence-corrected chi connectivity index (χ0v) is 18.3. The van der Waals surface area contributed by atoms with Gasteiger partial charge in [0, 0.05) is 22.1 Å². The molecule has 1 heterocycles. The number of pyridine rings is 1. The van der Waals surface area contributed by atoms with Crippen LogP contribution in [0.15, 0.2) is 66.7 Å². The third-order valence-corrected chi connectivity index (χ3v) is 5.24. The third-order valence-electron chi connectivity index (χ3n) is 5.24. The number of benzene rings is 3. The van der Waals surface area contributed by atoms with E-state index >= 15 is 0 Å². The predicted octanol–water partition coefficient (Wildman–Crippen LogP) is 1.30. The minimum atomic E-state index is -1.32. The molecule has 0 amide bonds. The van der Waals surface area contributed by atoms with Crippen LogP contribution in [0.5, 0.6) is 11.5 Å². The molecule has 0 bridgehead atoms. The average molecular weight is 407 g/mol. The van der Waals surface area contributed by atoms with Gasteiger partial charge < -0.3 is 14.6 Å². The first-order valence-electron chi connectivity index (χ1n) is 9.30. The van der Waals surface area contributed by atoms with Crippen molar-refractivity contribution in [3.8, 4) is 22.8 Å². The number of rotatable bonds is 3. The molecule has 0 N–H and O–H groups in total. The first-order valence-corrected chi connectivity index (χ1v) is 9.30. The van der Waals surface area contributed by atoms with Gasteiger partial charge in [0.05, 0.1) is 17.2 Å². The summed E-state index contributed by atoms with van der Waals surface area (Å²) in [5.74, 6) is -0.379. The van der Waals surface area contributed by atoms with Crippen LogP contribution in [0, 0.1) is 5.82 Å². The Bertz CT molecular complexity index is 1270. The molecule has 0 saturated carbocycles. The SMILES string of the molecule is O=C([O-])c1c2c(nc3ccc(F)cc13)-c1cccc(Oc3ccccc3)c1CC2.[Na+]. The van der Waals surface area contributed by atoms with E-state index in [0.717, 1.165) is 22.6 Å². The van der Waals surface area contributed by atoms with Gasteiger partial charge in [-0.3, -0.25) is 0 Å². The molecule has 30 heavy (non-hydrogen) atoms. The number of carboxylic acids is 1. The number of carbonyl (C=O) groups is 1. The third kappa shape index (κ3) is 3.49. The fourth-order valence-corrected chi connectivity index (χ4v) is 3.98. The largest absolute Gasteiger partial charge is 1.00 e. The van der Waals surface area contributed by atoms with Gasteiger partial charge in [-0.1, -0.05) is 30.3 Å². The van der Waals surface area contributed by atoms with Crippen LogP contribution in [0.2, 0.25) is 0 Å². The number of aromatic carboxylic acids is 1. The van der Waals surface area contributed by atoms with Crippen LogP contribution in [0.1, 0.15) is 21.5 Å². The molecular weight excluding hydrogens is 392 g/mol. The van der Waals surface area contributed by atoms with Crippen LogP contribution in [0.3, 0.4) is 0 Å². The van der Waals surface area contributed by atoms with Crippen molar-refractivity contribution in [2.45, 2.75) is 12.8 Å². The van der Waals surface area contributed by atoms with Gasteiger partial charge in [-0.15, -0.1) is 0 Å². The Hall–Kier alpha value is -2.73. The standard InChI is InChI=1S/C24H16FNO3.Na/c25-14-9-12-20-19(13-14)22(24(27)28)18-11-10-16-17(23(18)26-20)7-4-8-21(16)29-15-5-2-1-3-6-15;/h1-9,12-13H,10-11H2,(H,27,28);/q;+1/p-1. The first kappa shape index (κ1) is 20.5. The zero-order chi connectivity index (χ0) is 20.0. The van der Waals surface area contributed by atoms with Crippen LogP contribution in [-0.2, 0) is 12.8 Å². The molecule has 6 heteroatoms. The number of aromatic nitrogens is 1. The van der Waals surface area contributed by atoms with Gasteiger partial charge in [0.2, 0.25) is 0 Å². The maximum absolute atomic E-state index is 13.8. The van der Waals surface area contributed by atoms with Crippen LogP contribution in [-0.4, -0.2) is 11.0 Å². The number of para-hydroxylation sites is 1. The van der Waals surface area contributed by atoms with Crippen LogP contribution < -0.4 is 39.4 Å². The van der Waals surface area contributed by atoms with Gasteiger partial charge in [0.15, 0.2) is 0 Å². The summed E-state index contributed by atoms with van der Waals surface area (Å²) < 4.78 is 19.8. The number of hydrogen-bond acceptors (Lipinski definition) is 4. The summed E-state index contributed by atoms with van der Waals surface area (Å²) in [4.78, 5) is 16.6. The average Bonchev–Trinajstić information content (AvgIpc) is 2.72. The maximum Gasteiger partial charge on any atom is 1.00 e. The van der Waals surface area contributed by atoms with Crippen molar-refractivity contribution in [3.05, 3.63) is 89.2 Å². The summed E-state index contributed by atoms with van der Waals surface area (Å²) in [6.45, 7) is 0. The van der Waals surface area contributed by atoms with Gasteiger partial charge in [-0.05, 0) is 54.8 Å². The Morgan fingerprint density at radius 2 is 1.73 bits per heavy atom. The number of ether oxygens (including phenoxy) is 1. The zero-order valence-electron chi connectivity index (χ0n) is 16.3. The molecule has 1 aliphatic rings. The van der Waals surface area contributed by atoms with Gasteiger partial charge in [0.25, 0.3) is 0 Å². The predicted molar refractivity (Wildman–Crippen MR) is 105 cm³/mol. The summed E-state index contributed by atoms with van der Waals surface area (Å²) >= 11 is 0. The molecule has 1 aromatic heterocycles. The van der Waals surface area contributed by atoms with Crippen molar-refractivity contribution in [3.63, 3.8) is 0 Å². The van der Waals surface area contributed by atoms with E-state index < -0.39 is 11.8 Å². The van der Waals surface area contributed by atoms with E-state index in [0.29, 0.717) is 29.6 Å². The summed E-state index contributed by atoms with van der Waals surface area (Å²) in [6, 6.07) is 19.1. The van der Waals surface area contributed by atoms with Crippen molar-refractivity contribution in [2.75, 3.05) is 0 Å². The molecule has 0 radical (unpaired) electrons. The summed E-state index contributed by atoms with van der Waals surface area (Å²) in [7, 11) is 0. The van der Waals surface area contributed by atoms with Crippen molar-refractivity contribution in [2.24, 2.45) is 0 Å². The number of hydrogen-bond donors (Lipinski definition) is 0. The fourth-order valence-electron chi connectivity index (χ4n) is 3.98. The minimum absolute atomic E-state index is 0. The molecule has 4 aromatic rings. The van der Waals surface area contributed by atoms with Crippen molar-refractivity contribution in [1.29, 1.82) is 0 Å². The Balaban J connectivity index is 0.00000218. The summed E-state index contributed by atoms with van der Waals surface area (Å²) in [5.41, 5.74) is 3.40. The molecule has 5 rings (SSSR count). The van der Waals surface area contributed by atoms with Crippen LogP contribution in [0.25, 0.3) is 22.2 Å². The number of nitrogens with zero attached hydrogens (tertiary/aromatic N) is 1. The van der Waals surface area contributed by atoms with E-state index in [4.69, 9.17) is 4.74 Å². The molecular formula is C24H15FNNaO3. The number of carboxylic acid groups (broad SMARTS) is 1. The van der Waals surface area contributed by atoms with E-state index in [1.807, 2.05) is 48.5 Å². The smallest absolute Gasteiger partial charge is 0.545 e. The first-order chi connectivity index (χ1) is 14.1. The Labute approximate surface area is 194 Å². The molecule has 0 spiro atoms. The second-order valence-corrected chi connectivity index (χ2v) is 6.96. The molecule has 0 unspecified atom stereocenters. The van der Waals surface area contributed by atoms with Crippen molar-refractivity contribution < 1.29 is 48.6 Å². The monoisotopic (exact) mass is 407 g/mol. The molecule has 0 atom stereocenters. The van der Waals surface area contributed by atoms with E-state index in [1.54, 1.807) is 0 Å².